The van der Waals surface area contributed by atoms with E-state index in [-0.39, 0.29) is 24.0 Å². The van der Waals surface area contributed by atoms with Crippen molar-refractivity contribution in [3.05, 3.63) is 12.2 Å². The molecule has 0 bridgehead atoms. The average molecular weight is 379 g/mol. The number of carboxylic acid groups (broad SMARTS) is 1. The maximum Gasteiger partial charge on any atom is 0.303 e. The van der Waals surface area contributed by atoms with Crippen LogP contribution in [-0.2, 0) is 14.4 Å². The first-order chi connectivity index (χ1) is 13.0. The summed E-state index contributed by atoms with van der Waals surface area (Å²) in [4.78, 5) is 34.7. The smallest absolute Gasteiger partial charge is 0.303 e. The van der Waals surface area contributed by atoms with Gasteiger partial charge in [0.1, 0.15) is 5.78 Å². The van der Waals surface area contributed by atoms with E-state index in [4.69, 9.17) is 5.11 Å². The molecule has 154 valence electrons. The van der Waals surface area contributed by atoms with E-state index >= 15 is 0 Å². The molecule has 0 spiro atoms. The molecular weight excluding hydrogens is 340 g/mol. The zero-order chi connectivity index (χ0) is 19.9. The molecule has 2 unspecified atom stereocenters. The Balaban J connectivity index is 2.22. The van der Waals surface area contributed by atoms with Gasteiger partial charge in [-0.3, -0.25) is 14.4 Å². The van der Waals surface area contributed by atoms with Crippen molar-refractivity contribution in [3.8, 4) is 0 Å². The van der Waals surface area contributed by atoms with Crippen LogP contribution in [-0.4, -0.2) is 22.6 Å². The lowest BCUT2D eigenvalue weighted by Crippen LogP contribution is -2.13. The molecule has 0 radical (unpaired) electrons. The maximum atomic E-state index is 12.2. The van der Waals surface area contributed by atoms with Gasteiger partial charge in [-0.25, -0.2) is 0 Å². The molecule has 0 aliphatic heterocycles. The second-order valence-electron chi connectivity index (χ2n) is 7.97. The van der Waals surface area contributed by atoms with Crippen molar-refractivity contribution in [1.82, 2.24) is 0 Å². The molecule has 0 aromatic heterocycles. The van der Waals surface area contributed by atoms with Crippen molar-refractivity contribution in [2.75, 3.05) is 0 Å². The molecular formula is C23H38O4. The number of ketones is 2. The van der Waals surface area contributed by atoms with Gasteiger partial charge in [-0.05, 0) is 37.7 Å². The van der Waals surface area contributed by atoms with Gasteiger partial charge in [-0.2, -0.15) is 0 Å². The van der Waals surface area contributed by atoms with Gasteiger partial charge in [0.05, 0.1) is 0 Å². The van der Waals surface area contributed by atoms with Crippen LogP contribution in [0.3, 0.4) is 0 Å². The van der Waals surface area contributed by atoms with Gasteiger partial charge in [-0.1, -0.05) is 64.4 Å². The zero-order valence-corrected chi connectivity index (χ0v) is 17.1. The molecule has 1 rings (SSSR count). The summed E-state index contributed by atoms with van der Waals surface area (Å²) < 4.78 is 0. The minimum Gasteiger partial charge on any atom is -0.481 e. The van der Waals surface area contributed by atoms with Crippen LogP contribution < -0.4 is 0 Å². The van der Waals surface area contributed by atoms with Crippen LogP contribution in [0, 0.1) is 11.8 Å². The fourth-order valence-corrected chi connectivity index (χ4v) is 3.93. The summed E-state index contributed by atoms with van der Waals surface area (Å²) in [5.41, 5.74) is 0. The summed E-state index contributed by atoms with van der Waals surface area (Å²) in [6.45, 7) is 2.19. The Labute approximate surface area is 164 Å². The van der Waals surface area contributed by atoms with Gasteiger partial charge < -0.3 is 5.11 Å². The summed E-state index contributed by atoms with van der Waals surface area (Å²) >= 11 is 0. The molecule has 0 aromatic carbocycles. The maximum absolute atomic E-state index is 12.2. The second kappa shape index (κ2) is 14.6. The quantitative estimate of drug-likeness (QED) is 0.269. The minimum absolute atomic E-state index is 0.0811. The van der Waals surface area contributed by atoms with Gasteiger partial charge in [0.25, 0.3) is 0 Å². The first-order valence-electron chi connectivity index (χ1n) is 11.0. The number of hydrogen-bond acceptors (Lipinski definition) is 3. The number of unbranched alkanes of at least 4 members (excludes halogenated alkanes) is 8. The standard InChI is InChI=1S/C23H38O4/c1-2-3-4-6-9-12-20(24)17-15-19-16-18-22(25)21(19)13-10-7-5-8-11-14-23(26)27/h15,17,19,21H,2-14,16,18H2,1H3,(H,26,27)/b17-15+. The SMILES string of the molecule is CCCCCCCC(=O)/C=C/C1CCC(=O)C1CCCCCCCC(=O)O. The van der Waals surface area contributed by atoms with Crippen molar-refractivity contribution in [1.29, 1.82) is 0 Å². The molecule has 0 heterocycles. The molecule has 1 N–H and O–H groups in total. The lowest BCUT2D eigenvalue weighted by Gasteiger charge is -2.14. The van der Waals surface area contributed by atoms with Crippen LogP contribution in [0.4, 0.5) is 0 Å². The largest absolute Gasteiger partial charge is 0.481 e. The van der Waals surface area contributed by atoms with E-state index < -0.39 is 5.97 Å². The van der Waals surface area contributed by atoms with E-state index in [1.54, 1.807) is 6.08 Å². The molecule has 27 heavy (non-hydrogen) atoms. The van der Waals surface area contributed by atoms with Crippen LogP contribution in [0.5, 0.6) is 0 Å². The molecule has 1 saturated carbocycles. The highest BCUT2D eigenvalue weighted by Crippen LogP contribution is 2.33. The predicted molar refractivity (Wildman–Crippen MR) is 109 cm³/mol. The van der Waals surface area contributed by atoms with Crippen molar-refractivity contribution in [2.24, 2.45) is 11.8 Å². The second-order valence-corrected chi connectivity index (χ2v) is 7.97. The molecule has 4 heteroatoms. The Bertz CT molecular complexity index is 481. The molecule has 4 nitrogen and oxygen atoms in total. The van der Waals surface area contributed by atoms with Crippen LogP contribution in [0.25, 0.3) is 0 Å². The normalized spacial score (nSPS) is 19.8. The van der Waals surface area contributed by atoms with Crippen molar-refractivity contribution in [3.63, 3.8) is 0 Å². The van der Waals surface area contributed by atoms with E-state index in [2.05, 4.69) is 6.92 Å². The van der Waals surface area contributed by atoms with Crippen molar-refractivity contribution >= 4 is 17.5 Å². The van der Waals surface area contributed by atoms with E-state index in [0.717, 1.165) is 57.8 Å². The minimum atomic E-state index is -0.725. The lowest BCUT2D eigenvalue weighted by atomic mass is 9.89. The molecule has 2 atom stereocenters. The number of rotatable bonds is 16. The number of carbonyl (C=O) groups excluding carboxylic acids is 2. The Morgan fingerprint density at radius 3 is 2.30 bits per heavy atom. The van der Waals surface area contributed by atoms with Gasteiger partial charge in [-0.15, -0.1) is 0 Å². The fourth-order valence-electron chi connectivity index (χ4n) is 3.93. The Morgan fingerprint density at radius 2 is 1.59 bits per heavy atom. The van der Waals surface area contributed by atoms with Crippen molar-refractivity contribution < 1.29 is 19.5 Å². The molecule has 0 saturated heterocycles. The van der Waals surface area contributed by atoms with E-state index in [1.807, 2.05) is 6.08 Å². The zero-order valence-electron chi connectivity index (χ0n) is 17.1. The highest BCUT2D eigenvalue weighted by molar-refractivity contribution is 5.90. The summed E-state index contributed by atoms with van der Waals surface area (Å²) in [6, 6.07) is 0. The number of hydrogen-bond donors (Lipinski definition) is 1. The van der Waals surface area contributed by atoms with Crippen LogP contribution in [0.15, 0.2) is 12.2 Å². The number of Topliss-reactive ketones (excluding diaryl/α,β-unsaturated/α-hetero) is 1. The molecule has 0 aromatic rings. The van der Waals surface area contributed by atoms with Crippen LogP contribution in [0.2, 0.25) is 0 Å². The first kappa shape index (κ1) is 23.6. The van der Waals surface area contributed by atoms with E-state index in [0.29, 0.717) is 18.6 Å². The topological polar surface area (TPSA) is 71.4 Å². The first-order valence-corrected chi connectivity index (χ1v) is 11.0. The third-order valence-electron chi connectivity index (χ3n) is 5.62. The molecule has 1 aliphatic rings. The summed E-state index contributed by atoms with van der Waals surface area (Å²) in [6.07, 6.45) is 17.6. The monoisotopic (exact) mass is 378 g/mol. The summed E-state index contributed by atoms with van der Waals surface area (Å²) in [5.74, 6) is 0.133. The fraction of sp³-hybridized carbons (Fsp3) is 0.783. The Morgan fingerprint density at radius 1 is 0.963 bits per heavy atom. The highest BCUT2D eigenvalue weighted by atomic mass is 16.4. The Hall–Kier alpha value is -1.45. The number of aliphatic carboxylic acids is 1. The van der Waals surface area contributed by atoms with Gasteiger partial charge in [0.15, 0.2) is 5.78 Å². The Kier molecular flexibility index (Phi) is 12.7. The summed E-state index contributed by atoms with van der Waals surface area (Å²) in [7, 11) is 0. The number of allylic oxidation sites excluding steroid dienone is 2. The van der Waals surface area contributed by atoms with Gasteiger partial charge >= 0.3 is 5.97 Å². The third kappa shape index (κ3) is 11.1. The molecule has 1 fully saturated rings. The van der Waals surface area contributed by atoms with E-state index in [9.17, 15) is 14.4 Å². The van der Waals surface area contributed by atoms with Gasteiger partial charge in [0, 0.05) is 25.2 Å². The van der Waals surface area contributed by atoms with Crippen LogP contribution in [0.1, 0.15) is 103 Å². The number of carbonyl (C=O) groups is 3. The van der Waals surface area contributed by atoms with Gasteiger partial charge in [0.2, 0.25) is 0 Å². The van der Waals surface area contributed by atoms with Crippen molar-refractivity contribution in [2.45, 2.75) is 103 Å². The molecule has 1 aliphatic carbocycles. The average Bonchev–Trinajstić information content (AvgIpc) is 2.98. The molecule has 0 amide bonds. The number of carboxylic acids is 1. The van der Waals surface area contributed by atoms with E-state index in [1.165, 1.54) is 19.3 Å². The predicted octanol–water partition coefficient (Wildman–Crippen LogP) is 5.88. The van der Waals surface area contributed by atoms with Crippen LogP contribution >= 0.6 is 0 Å². The summed E-state index contributed by atoms with van der Waals surface area (Å²) in [5, 5.41) is 8.62. The third-order valence-corrected chi connectivity index (χ3v) is 5.62. The highest BCUT2D eigenvalue weighted by Gasteiger charge is 2.32. The lowest BCUT2D eigenvalue weighted by molar-refractivity contribution is -0.137.